The minimum atomic E-state index is -1.38. The van der Waals surface area contributed by atoms with Gasteiger partial charge in [0.05, 0.1) is 41.9 Å². The number of anilines is 1. The van der Waals surface area contributed by atoms with Gasteiger partial charge in [-0.05, 0) is 19.1 Å². The topological polar surface area (TPSA) is 92.8 Å². The van der Waals surface area contributed by atoms with Crippen molar-refractivity contribution in [2.24, 2.45) is 0 Å². The maximum atomic E-state index is 12.8. The molecule has 7 nitrogen and oxygen atoms in total. The summed E-state index contributed by atoms with van der Waals surface area (Å²) in [5, 5.41) is 1.87. The minimum absolute atomic E-state index is 0.193. The highest BCUT2D eigenvalue weighted by Crippen LogP contribution is 2.45. The fourth-order valence-corrected chi connectivity index (χ4v) is 4.03. The fraction of sp³-hybridized carbons (Fsp3) is 0.158. The predicted octanol–water partition coefficient (Wildman–Crippen LogP) is 5.12. The molecule has 0 saturated heterocycles. The summed E-state index contributed by atoms with van der Waals surface area (Å²) in [6.07, 6.45) is 0. The van der Waals surface area contributed by atoms with Crippen LogP contribution in [0.5, 0.6) is 0 Å². The minimum Gasteiger partial charge on any atom is -0.454 e. The number of nitrogens with one attached hydrogen (secondary N) is 1. The number of rotatable bonds is 5. The molecule has 0 radical (unpaired) electrons. The van der Waals surface area contributed by atoms with Gasteiger partial charge in [0, 0.05) is 0 Å². The zero-order valence-corrected chi connectivity index (χ0v) is 19.3. The van der Waals surface area contributed by atoms with Crippen molar-refractivity contribution < 1.29 is 23.9 Å². The van der Waals surface area contributed by atoms with Crippen LogP contribution in [-0.4, -0.2) is 41.2 Å². The SMILES string of the molecule is C[C@@H](C(=O)OCC(=O)Nc1ccccc1Cl)N1C(=O)c2c(Cl)c(Cl)c(Cl)c(Cl)c2C1=O. The van der Waals surface area contributed by atoms with Crippen LogP contribution in [0.4, 0.5) is 5.69 Å². The third-order valence-corrected chi connectivity index (χ3v) is 6.49. The number of fused-ring (bicyclic) bond motifs is 1. The molecule has 1 aliphatic rings. The lowest BCUT2D eigenvalue weighted by molar-refractivity contribution is -0.150. The van der Waals surface area contributed by atoms with Gasteiger partial charge in [-0.25, -0.2) is 4.79 Å². The van der Waals surface area contributed by atoms with Gasteiger partial charge in [-0.2, -0.15) is 0 Å². The number of esters is 1. The van der Waals surface area contributed by atoms with E-state index in [2.05, 4.69) is 5.32 Å². The molecule has 2 aromatic rings. The zero-order valence-electron chi connectivity index (χ0n) is 15.5. The molecule has 12 heteroatoms. The maximum Gasteiger partial charge on any atom is 0.329 e. The Labute approximate surface area is 201 Å². The molecule has 0 aliphatic carbocycles. The second-order valence-electron chi connectivity index (χ2n) is 6.30. The van der Waals surface area contributed by atoms with Crippen molar-refractivity contribution in [2.45, 2.75) is 13.0 Å². The predicted molar refractivity (Wildman–Crippen MR) is 117 cm³/mol. The van der Waals surface area contributed by atoms with Crippen molar-refractivity contribution in [3.63, 3.8) is 0 Å². The Hall–Kier alpha value is -2.03. The highest BCUT2D eigenvalue weighted by atomic mass is 35.5. The molecule has 1 atom stereocenters. The first-order valence-electron chi connectivity index (χ1n) is 8.51. The van der Waals surface area contributed by atoms with E-state index >= 15 is 0 Å². The van der Waals surface area contributed by atoms with Crippen molar-refractivity contribution in [1.82, 2.24) is 4.90 Å². The molecule has 162 valence electrons. The molecule has 31 heavy (non-hydrogen) atoms. The Morgan fingerprint density at radius 1 is 0.935 bits per heavy atom. The summed E-state index contributed by atoms with van der Waals surface area (Å²) in [6.45, 7) is 0.581. The first kappa shape index (κ1) is 23.6. The van der Waals surface area contributed by atoms with E-state index in [0.29, 0.717) is 15.6 Å². The molecule has 1 N–H and O–H groups in total. The Morgan fingerprint density at radius 2 is 1.45 bits per heavy atom. The van der Waals surface area contributed by atoms with Crippen LogP contribution < -0.4 is 5.32 Å². The first-order valence-corrected chi connectivity index (χ1v) is 10.4. The molecular weight excluding hydrogens is 513 g/mol. The molecule has 0 fully saturated rings. The fourth-order valence-electron chi connectivity index (χ4n) is 2.83. The lowest BCUT2D eigenvalue weighted by atomic mass is 10.1. The van der Waals surface area contributed by atoms with Crippen molar-refractivity contribution in [3.05, 3.63) is 60.5 Å². The molecule has 1 aliphatic heterocycles. The molecule has 2 aromatic carbocycles. The smallest absolute Gasteiger partial charge is 0.329 e. The van der Waals surface area contributed by atoms with Crippen LogP contribution in [0.2, 0.25) is 25.1 Å². The number of hydrogen-bond acceptors (Lipinski definition) is 5. The first-order chi connectivity index (χ1) is 14.6. The summed E-state index contributed by atoms with van der Waals surface area (Å²) >= 11 is 30.0. The van der Waals surface area contributed by atoms with E-state index in [1.54, 1.807) is 24.3 Å². The molecule has 0 saturated carbocycles. The number of carbonyl (C=O) groups is 4. The van der Waals surface area contributed by atoms with E-state index in [4.69, 9.17) is 62.7 Å². The average Bonchev–Trinajstić information content (AvgIpc) is 3.00. The van der Waals surface area contributed by atoms with Crippen molar-refractivity contribution in [2.75, 3.05) is 11.9 Å². The van der Waals surface area contributed by atoms with Gasteiger partial charge in [-0.15, -0.1) is 0 Å². The molecule has 0 unspecified atom stereocenters. The van der Waals surface area contributed by atoms with Gasteiger partial charge >= 0.3 is 5.97 Å². The summed E-state index contributed by atoms with van der Waals surface area (Å²) in [6, 6.07) is 5.09. The van der Waals surface area contributed by atoms with Gasteiger partial charge in [0.15, 0.2) is 6.61 Å². The van der Waals surface area contributed by atoms with Crippen LogP contribution in [0.15, 0.2) is 24.3 Å². The summed E-state index contributed by atoms with van der Waals surface area (Å²) < 4.78 is 4.94. The van der Waals surface area contributed by atoms with Gasteiger partial charge < -0.3 is 10.1 Å². The second-order valence-corrected chi connectivity index (χ2v) is 8.22. The number of imide groups is 1. The van der Waals surface area contributed by atoms with E-state index in [1.165, 1.54) is 6.92 Å². The highest BCUT2D eigenvalue weighted by molar-refractivity contribution is 6.55. The third kappa shape index (κ3) is 4.33. The number of carbonyl (C=O) groups excluding carboxylic acids is 4. The Kier molecular flexibility index (Phi) is 7.03. The Balaban J connectivity index is 1.73. The van der Waals surface area contributed by atoms with Crippen molar-refractivity contribution >= 4 is 87.4 Å². The molecule has 3 rings (SSSR count). The Bertz CT molecular complexity index is 1090. The lowest BCUT2D eigenvalue weighted by Gasteiger charge is -2.20. The number of benzene rings is 2. The summed E-state index contributed by atoms with van der Waals surface area (Å²) in [7, 11) is 0. The molecule has 3 amide bonds. The number of nitrogens with zero attached hydrogens (tertiary/aromatic N) is 1. The quantitative estimate of drug-likeness (QED) is 0.254. The highest BCUT2D eigenvalue weighted by Gasteiger charge is 2.45. The summed E-state index contributed by atoms with van der Waals surface area (Å²) in [5.41, 5.74) is -0.194. The largest absolute Gasteiger partial charge is 0.454 e. The van der Waals surface area contributed by atoms with Crippen LogP contribution >= 0.6 is 58.0 Å². The number of ether oxygens (including phenoxy) is 1. The molecule has 0 aromatic heterocycles. The van der Waals surface area contributed by atoms with Crippen LogP contribution in [0.1, 0.15) is 27.6 Å². The van der Waals surface area contributed by atoms with Crippen molar-refractivity contribution in [1.29, 1.82) is 0 Å². The second kappa shape index (κ2) is 9.22. The standard InChI is InChI=1S/C19H11Cl5N2O5/c1-7(19(30)31-6-10(27)25-9-5-3-2-4-8(9)20)26-17(28)11-12(18(26)29)14(22)16(24)15(23)13(11)21/h2-5,7H,6H2,1H3,(H,25,27)/t7-/m0/s1. The number of hydrogen-bond donors (Lipinski definition) is 1. The summed E-state index contributed by atoms with van der Waals surface area (Å²) in [4.78, 5) is 50.6. The van der Waals surface area contributed by atoms with Crippen molar-refractivity contribution in [3.8, 4) is 0 Å². The van der Waals surface area contributed by atoms with Crippen LogP contribution in [0.3, 0.4) is 0 Å². The molecule has 1 heterocycles. The van der Waals surface area contributed by atoms with E-state index in [0.717, 1.165) is 0 Å². The Morgan fingerprint density at radius 3 is 1.97 bits per heavy atom. The van der Waals surface area contributed by atoms with Gasteiger partial charge in [0.1, 0.15) is 6.04 Å². The van der Waals surface area contributed by atoms with E-state index in [9.17, 15) is 19.2 Å². The molecule has 0 spiro atoms. The van der Waals surface area contributed by atoms with E-state index < -0.39 is 36.3 Å². The monoisotopic (exact) mass is 522 g/mol. The number of amides is 3. The van der Waals surface area contributed by atoms with Crippen LogP contribution in [-0.2, 0) is 14.3 Å². The van der Waals surface area contributed by atoms with Gasteiger partial charge in [0.2, 0.25) is 0 Å². The van der Waals surface area contributed by atoms with Gasteiger partial charge in [0.25, 0.3) is 17.7 Å². The van der Waals surface area contributed by atoms with Crippen LogP contribution in [0.25, 0.3) is 0 Å². The number of para-hydroxylation sites is 1. The molecular formula is C19H11Cl5N2O5. The number of halogens is 5. The van der Waals surface area contributed by atoms with E-state index in [-0.39, 0.29) is 31.2 Å². The average molecular weight is 525 g/mol. The van der Waals surface area contributed by atoms with E-state index in [1.807, 2.05) is 0 Å². The van der Waals surface area contributed by atoms with Crippen LogP contribution in [0, 0.1) is 0 Å². The molecule has 0 bridgehead atoms. The van der Waals surface area contributed by atoms with Gasteiger partial charge in [-0.1, -0.05) is 70.1 Å². The lowest BCUT2D eigenvalue weighted by Crippen LogP contribution is -2.44. The zero-order chi connectivity index (χ0) is 23.0. The normalized spacial score (nSPS) is 13.8. The third-order valence-electron chi connectivity index (χ3n) is 4.35. The summed E-state index contributed by atoms with van der Waals surface area (Å²) in [5.74, 6) is -3.46. The van der Waals surface area contributed by atoms with Gasteiger partial charge in [-0.3, -0.25) is 19.3 Å². The maximum absolute atomic E-state index is 12.8.